The van der Waals surface area contributed by atoms with Gasteiger partial charge < -0.3 is 15.2 Å². The van der Waals surface area contributed by atoms with E-state index in [2.05, 4.69) is 24.1 Å². The van der Waals surface area contributed by atoms with Gasteiger partial charge in [-0.15, -0.1) is 11.3 Å². The highest BCUT2D eigenvalue weighted by Crippen LogP contribution is 2.19. The lowest BCUT2D eigenvalue weighted by molar-refractivity contribution is 0.0928. The number of thiazole rings is 1. The lowest BCUT2D eigenvalue weighted by Gasteiger charge is -2.10. The standard InChI is InChI=1S/C11H20N2O2S/c1-3-10-8-13-11(16-10)9(2)12-4-6-15-7-5-14/h8-9,12,14H,3-7H2,1-2H3. The second-order valence-electron chi connectivity index (χ2n) is 3.53. The molecule has 0 saturated carbocycles. The summed E-state index contributed by atoms with van der Waals surface area (Å²) >= 11 is 1.75. The Morgan fingerprint density at radius 3 is 3.00 bits per heavy atom. The van der Waals surface area contributed by atoms with Crippen LogP contribution in [0, 0.1) is 0 Å². The van der Waals surface area contributed by atoms with Crippen molar-refractivity contribution in [2.45, 2.75) is 26.3 Å². The van der Waals surface area contributed by atoms with Crippen molar-refractivity contribution in [1.29, 1.82) is 0 Å². The molecule has 1 unspecified atom stereocenters. The summed E-state index contributed by atoms with van der Waals surface area (Å²) in [6, 6.07) is 0.267. The van der Waals surface area contributed by atoms with Crippen LogP contribution in [0.1, 0.15) is 29.8 Å². The monoisotopic (exact) mass is 244 g/mol. The van der Waals surface area contributed by atoms with E-state index in [9.17, 15) is 0 Å². The molecule has 1 heterocycles. The first-order valence-electron chi connectivity index (χ1n) is 5.64. The fraction of sp³-hybridized carbons (Fsp3) is 0.727. The zero-order valence-electron chi connectivity index (χ0n) is 9.90. The summed E-state index contributed by atoms with van der Waals surface area (Å²) < 4.78 is 5.17. The van der Waals surface area contributed by atoms with Gasteiger partial charge in [-0.2, -0.15) is 0 Å². The maximum absolute atomic E-state index is 8.53. The maximum atomic E-state index is 8.53. The lowest BCUT2D eigenvalue weighted by atomic mass is 10.3. The lowest BCUT2D eigenvalue weighted by Crippen LogP contribution is -2.23. The second-order valence-corrected chi connectivity index (χ2v) is 4.68. The van der Waals surface area contributed by atoms with Crippen molar-refractivity contribution >= 4 is 11.3 Å². The summed E-state index contributed by atoms with van der Waals surface area (Å²) in [5.41, 5.74) is 0. The molecule has 0 aliphatic rings. The molecule has 0 amide bonds. The van der Waals surface area contributed by atoms with Crippen LogP contribution >= 0.6 is 11.3 Å². The first kappa shape index (κ1) is 13.6. The van der Waals surface area contributed by atoms with Gasteiger partial charge in [0, 0.05) is 17.6 Å². The van der Waals surface area contributed by atoms with Gasteiger partial charge in [-0.1, -0.05) is 6.92 Å². The van der Waals surface area contributed by atoms with Gasteiger partial charge in [0.25, 0.3) is 0 Å². The third kappa shape index (κ3) is 4.57. The van der Waals surface area contributed by atoms with Crippen molar-refractivity contribution < 1.29 is 9.84 Å². The molecular formula is C11H20N2O2S. The Balaban J connectivity index is 2.21. The van der Waals surface area contributed by atoms with E-state index in [1.807, 2.05) is 6.20 Å². The van der Waals surface area contributed by atoms with Gasteiger partial charge in [-0.25, -0.2) is 4.98 Å². The topological polar surface area (TPSA) is 54.4 Å². The largest absolute Gasteiger partial charge is 0.394 e. The molecule has 0 spiro atoms. The minimum absolute atomic E-state index is 0.0852. The van der Waals surface area contributed by atoms with Crippen LogP contribution in [-0.2, 0) is 11.2 Å². The number of aryl methyl sites for hydroxylation is 1. The Hall–Kier alpha value is -0.490. The Morgan fingerprint density at radius 1 is 1.56 bits per heavy atom. The molecular weight excluding hydrogens is 224 g/mol. The average Bonchev–Trinajstić information content (AvgIpc) is 2.77. The van der Waals surface area contributed by atoms with Gasteiger partial charge in [0.05, 0.1) is 25.9 Å². The molecule has 0 bridgehead atoms. The maximum Gasteiger partial charge on any atom is 0.109 e. The average molecular weight is 244 g/mol. The zero-order valence-corrected chi connectivity index (χ0v) is 10.7. The van der Waals surface area contributed by atoms with E-state index in [0.29, 0.717) is 13.2 Å². The third-order valence-electron chi connectivity index (χ3n) is 2.22. The first-order chi connectivity index (χ1) is 7.77. The molecule has 4 nitrogen and oxygen atoms in total. The quantitative estimate of drug-likeness (QED) is 0.678. The smallest absolute Gasteiger partial charge is 0.109 e. The molecule has 2 N–H and O–H groups in total. The molecule has 1 atom stereocenters. The highest BCUT2D eigenvalue weighted by molar-refractivity contribution is 7.11. The zero-order chi connectivity index (χ0) is 11.8. The summed E-state index contributed by atoms with van der Waals surface area (Å²) in [5, 5.41) is 13.0. The molecule has 0 aromatic carbocycles. The molecule has 1 aromatic rings. The van der Waals surface area contributed by atoms with Crippen LogP contribution in [0.2, 0.25) is 0 Å². The van der Waals surface area contributed by atoms with Gasteiger partial charge in [0.15, 0.2) is 0 Å². The number of rotatable bonds is 8. The molecule has 5 heteroatoms. The predicted molar refractivity (Wildman–Crippen MR) is 65.8 cm³/mol. The van der Waals surface area contributed by atoms with Crippen molar-refractivity contribution in [3.8, 4) is 0 Å². The van der Waals surface area contributed by atoms with Gasteiger partial charge in [-0.05, 0) is 13.3 Å². The van der Waals surface area contributed by atoms with E-state index >= 15 is 0 Å². The molecule has 1 rings (SSSR count). The predicted octanol–water partition coefficient (Wildman–Crippen LogP) is 1.36. The number of nitrogens with zero attached hydrogens (tertiary/aromatic N) is 1. The van der Waals surface area contributed by atoms with Crippen LogP contribution in [0.4, 0.5) is 0 Å². The summed E-state index contributed by atoms with van der Waals surface area (Å²) in [4.78, 5) is 5.70. The number of hydrogen-bond acceptors (Lipinski definition) is 5. The van der Waals surface area contributed by atoms with E-state index in [4.69, 9.17) is 9.84 Å². The summed E-state index contributed by atoms with van der Waals surface area (Å²) in [6.07, 6.45) is 2.99. The molecule has 0 fully saturated rings. The van der Waals surface area contributed by atoms with Crippen LogP contribution in [0.5, 0.6) is 0 Å². The number of hydrogen-bond donors (Lipinski definition) is 2. The SMILES string of the molecule is CCc1cnc(C(C)NCCOCCO)s1. The highest BCUT2D eigenvalue weighted by atomic mass is 32.1. The van der Waals surface area contributed by atoms with Crippen LogP contribution in [0.3, 0.4) is 0 Å². The Kier molecular flexibility index (Phi) is 6.56. The van der Waals surface area contributed by atoms with E-state index in [-0.39, 0.29) is 12.6 Å². The molecule has 1 aromatic heterocycles. The van der Waals surface area contributed by atoms with Crippen LogP contribution in [0.25, 0.3) is 0 Å². The van der Waals surface area contributed by atoms with Gasteiger partial charge in [-0.3, -0.25) is 0 Å². The van der Waals surface area contributed by atoms with Gasteiger partial charge in [0.2, 0.25) is 0 Å². The molecule has 0 radical (unpaired) electrons. The molecule has 0 aliphatic carbocycles. The van der Waals surface area contributed by atoms with Crippen molar-refractivity contribution in [2.75, 3.05) is 26.4 Å². The summed E-state index contributed by atoms with van der Waals surface area (Å²) in [6.45, 7) is 6.14. The van der Waals surface area contributed by atoms with Gasteiger partial charge >= 0.3 is 0 Å². The summed E-state index contributed by atoms with van der Waals surface area (Å²) in [7, 11) is 0. The third-order valence-corrected chi connectivity index (χ3v) is 3.55. The Bertz CT molecular complexity index is 291. The number of nitrogens with one attached hydrogen (secondary N) is 1. The number of ether oxygens (including phenoxy) is 1. The first-order valence-corrected chi connectivity index (χ1v) is 6.46. The minimum atomic E-state index is 0.0852. The number of aromatic nitrogens is 1. The Labute approximate surface area is 101 Å². The minimum Gasteiger partial charge on any atom is -0.394 e. The van der Waals surface area contributed by atoms with Crippen LogP contribution in [-0.4, -0.2) is 36.5 Å². The molecule has 16 heavy (non-hydrogen) atoms. The van der Waals surface area contributed by atoms with E-state index in [1.54, 1.807) is 11.3 Å². The van der Waals surface area contributed by atoms with E-state index in [1.165, 1.54) is 4.88 Å². The molecule has 92 valence electrons. The van der Waals surface area contributed by atoms with Crippen LogP contribution < -0.4 is 5.32 Å². The summed E-state index contributed by atoms with van der Waals surface area (Å²) in [5.74, 6) is 0. The van der Waals surface area contributed by atoms with Crippen molar-refractivity contribution in [3.05, 3.63) is 16.1 Å². The second kappa shape index (κ2) is 7.73. The fourth-order valence-electron chi connectivity index (χ4n) is 1.29. The highest BCUT2D eigenvalue weighted by Gasteiger charge is 2.08. The van der Waals surface area contributed by atoms with Crippen molar-refractivity contribution in [1.82, 2.24) is 10.3 Å². The normalized spacial score (nSPS) is 12.9. The van der Waals surface area contributed by atoms with E-state index in [0.717, 1.165) is 18.0 Å². The van der Waals surface area contributed by atoms with Crippen molar-refractivity contribution in [2.24, 2.45) is 0 Å². The van der Waals surface area contributed by atoms with Crippen LogP contribution in [0.15, 0.2) is 6.20 Å². The fourth-order valence-corrected chi connectivity index (χ4v) is 2.17. The molecule has 0 aliphatic heterocycles. The van der Waals surface area contributed by atoms with Gasteiger partial charge in [0.1, 0.15) is 5.01 Å². The Morgan fingerprint density at radius 2 is 2.38 bits per heavy atom. The van der Waals surface area contributed by atoms with E-state index < -0.39 is 0 Å². The van der Waals surface area contributed by atoms with Crippen molar-refractivity contribution in [3.63, 3.8) is 0 Å². The number of aliphatic hydroxyl groups excluding tert-OH is 1. The number of aliphatic hydroxyl groups is 1. The molecule has 0 saturated heterocycles.